The lowest BCUT2D eigenvalue weighted by atomic mass is 9.73. The van der Waals surface area contributed by atoms with Gasteiger partial charge in [-0.1, -0.05) is 26.8 Å². The zero-order valence-electron chi connectivity index (χ0n) is 14.8. The number of ketones is 1. The highest BCUT2D eigenvalue weighted by atomic mass is 16.5. The molecule has 0 N–H and O–H groups in total. The van der Waals surface area contributed by atoms with Crippen molar-refractivity contribution in [2.75, 3.05) is 13.7 Å². The normalized spacial score (nSPS) is 22.5. The standard InChI is InChI=1S/C20H25NO3/c1-13(2)16-7-5-14(3)17(20(16)22)11-15-6-8-18(24-10-9-21)19(12-15)23-4/h6,8,11-14,16H,5,7,10H2,1-4H3/t14-,16+/m0/s1. The number of hydrogen-bond donors (Lipinski definition) is 0. The third-order valence-electron chi connectivity index (χ3n) is 4.67. The van der Waals surface area contributed by atoms with Crippen molar-refractivity contribution in [3.63, 3.8) is 0 Å². The van der Waals surface area contributed by atoms with Gasteiger partial charge in [0.15, 0.2) is 23.9 Å². The van der Waals surface area contributed by atoms with Crippen molar-refractivity contribution in [1.29, 1.82) is 5.26 Å². The number of ether oxygens (including phenoxy) is 2. The summed E-state index contributed by atoms with van der Waals surface area (Å²) in [7, 11) is 1.56. The molecular weight excluding hydrogens is 302 g/mol. The highest BCUT2D eigenvalue weighted by Gasteiger charge is 2.32. The summed E-state index contributed by atoms with van der Waals surface area (Å²) >= 11 is 0. The molecule has 4 heteroatoms. The molecule has 0 saturated heterocycles. The monoisotopic (exact) mass is 327 g/mol. The number of nitriles is 1. The van der Waals surface area contributed by atoms with Gasteiger partial charge in [-0.2, -0.15) is 5.26 Å². The highest BCUT2D eigenvalue weighted by Crippen LogP contribution is 2.36. The van der Waals surface area contributed by atoms with Gasteiger partial charge in [0.2, 0.25) is 0 Å². The number of benzene rings is 1. The molecule has 2 atom stereocenters. The Bertz CT molecular complexity index is 670. The number of allylic oxidation sites excluding steroid dienone is 1. The Labute approximate surface area is 144 Å². The van der Waals surface area contributed by atoms with Crippen LogP contribution < -0.4 is 9.47 Å². The van der Waals surface area contributed by atoms with E-state index in [4.69, 9.17) is 14.7 Å². The fourth-order valence-electron chi connectivity index (χ4n) is 3.21. The van der Waals surface area contributed by atoms with Crippen LogP contribution in [0, 0.1) is 29.1 Å². The molecule has 1 saturated carbocycles. The number of carbonyl (C=O) groups excluding carboxylic acids is 1. The molecule has 0 spiro atoms. The maximum absolute atomic E-state index is 12.8. The molecule has 128 valence electrons. The van der Waals surface area contributed by atoms with E-state index >= 15 is 0 Å². The Hall–Kier alpha value is -2.28. The maximum Gasteiger partial charge on any atom is 0.174 e. The molecule has 0 bridgehead atoms. The van der Waals surface area contributed by atoms with E-state index in [-0.39, 0.29) is 24.2 Å². The molecule has 1 fully saturated rings. The Kier molecular flexibility index (Phi) is 6.03. The summed E-state index contributed by atoms with van der Waals surface area (Å²) in [6.07, 6.45) is 3.98. The first-order valence-corrected chi connectivity index (χ1v) is 8.41. The van der Waals surface area contributed by atoms with Gasteiger partial charge in [0.25, 0.3) is 0 Å². The predicted molar refractivity (Wildman–Crippen MR) is 93.8 cm³/mol. The number of carbonyl (C=O) groups is 1. The summed E-state index contributed by atoms with van der Waals surface area (Å²) in [6, 6.07) is 7.45. The number of Topliss-reactive ketones (excluding diaryl/α,β-unsaturated/α-hetero) is 1. The Morgan fingerprint density at radius 3 is 2.71 bits per heavy atom. The van der Waals surface area contributed by atoms with Gasteiger partial charge in [-0.15, -0.1) is 0 Å². The molecule has 1 aromatic rings. The molecule has 1 aliphatic carbocycles. The Balaban J connectivity index is 2.31. The zero-order valence-corrected chi connectivity index (χ0v) is 14.8. The molecule has 0 heterocycles. The van der Waals surface area contributed by atoms with Crippen molar-refractivity contribution in [3.05, 3.63) is 29.3 Å². The topological polar surface area (TPSA) is 59.3 Å². The summed E-state index contributed by atoms with van der Waals surface area (Å²) in [6.45, 7) is 6.31. The van der Waals surface area contributed by atoms with E-state index in [2.05, 4.69) is 20.8 Å². The molecule has 0 unspecified atom stereocenters. The van der Waals surface area contributed by atoms with Gasteiger partial charge >= 0.3 is 0 Å². The van der Waals surface area contributed by atoms with Crippen LogP contribution in [-0.2, 0) is 4.79 Å². The van der Waals surface area contributed by atoms with Gasteiger partial charge in [-0.25, -0.2) is 0 Å². The quantitative estimate of drug-likeness (QED) is 0.759. The van der Waals surface area contributed by atoms with E-state index in [0.29, 0.717) is 17.4 Å². The summed E-state index contributed by atoms with van der Waals surface area (Å²) in [5.74, 6) is 2.12. The van der Waals surface area contributed by atoms with Crippen molar-refractivity contribution in [2.24, 2.45) is 17.8 Å². The minimum Gasteiger partial charge on any atom is -0.493 e. The lowest BCUT2D eigenvalue weighted by Gasteiger charge is -2.30. The van der Waals surface area contributed by atoms with Crippen LogP contribution in [-0.4, -0.2) is 19.5 Å². The van der Waals surface area contributed by atoms with Crippen molar-refractivity contribution in [2.45, 2.75) is 33.6 Å². The van der Waals surface area contributed by atoms with Crippen LogP contribution >= 0.6 is 0 Å². The first-order chi connectivity index (χ1) is 11.5. The van der Waals surface area contributed by atoms with E-state index in [1.807, 2.05) is 24.3 Å². The summed E-state index contributed by atoms with van der Waals surface area (Å²) in [5.41, 5.74) is 1.81. The first-order valence-electron chi connectivity index (χ1n) is 8.41. The van der Waals surface area contributed by atoms with Crippen LogP contribution in [0.15, 0.2) is 23.8 Å². The molecule has 0 aliphatic heterocycles. The smallest absolute Gasteiger partial charge is 0.174 e. The average molecular weight is 327 g/mol. The van der Waals surface area contributed by atoms with E-state index < -0.39 is 0 Å². The SMILES string of the molecule is COc1cc(C=C2C(=O)[C@@H](C(C)C)CC[C@@H]2C)ccc1OCC#N. The predicted octanol–water partition coefficient (Wildman–Crippen LogP) is 4.25. The van der Waals surface area contributed by atoms with Crippen molar-refractivity contribution in [3.8, 4) is 17.6 Å². The minimum absolute atomic E-state index is 0.0254. The van der Waals surface area contributed by atoms with Gasteiger partial charge in [0, 0.05) is 5.92 Å². The Morgan fingerprint density at radius 1 is 1.33 bits per heavy atom. The van der Waals surface area contributed by atoms with E-state index in [1.54, 1.807) is 13.2 Å². The lowest BCUT2D eigenvalue weighted by molar-refractivity contribution is -0.122. The van der Waals surface area contributed by atoms with E-state index in [1.165, 1.54) is 0 Å². The van der Waals surface area contributed by atoms with Crippen LogP contribution in [0.4, 0.5) is 0 Å². The summed E-state index contributed by atoms with van der Waals surface area (Å²) in [4.78, 5) is 12.8. The van der Waals surface area contributed by atoms with Crippen molar-refractivity contribution < 1.29 is 14.3 Å². The second-order valence-corrected chi connectivity index (χ2v) is 6.65. The third kappa shape index (κ3) is 3.97. The molecule has 4 nitrogen and oxygen atoms in total. The van der Waals surface area contributed by atoms with Crippen molar-refractivity contribution in [1.82, 2.24) is 0 Å². The van der Waals surface area contributed by atoms with Gasteiger partial charge < -0.3 is 9.47 Å². The first kappa shape index (κ1) is 18.1. The van der Waals surface area contributed by atoms with Crippen LogP contribution in [0.3, 0.4) is 0 Å². The molecule has 2 rings (SSSR count). The molecule has 0 aromatic heterocycles. The largest absolute Gasteiger partial charge is 0.493 e. The molecule has 0 radical (unpaired) electrons. The Morgan fingerprint density at radius 2 is 2.08 bits per heavy atom. The highest BCUT2D eigenvalue weighted by molar-refractivity contribution is 6.02. The van der Waals surface area contributed by atoms with Gasteiger partial charge in [-0.05, 0) is 54.0 Å². The second kappa shape index (κ2) is 8.01. The molecule has 1 aliphatic rings. The molecule has 1 aromatic carbocycles. The third-order valence-corrected chi connectivity index (χ3v) is 4.67. The van der Waals surface area contributed by atoms with Crippen LogP contribution in [0.5, 0.6) is 11.5 Å². The summed E-state index contributed by atoms with van der Waals surface area (Å²) < 4.78 is 10.7. The van der Waals surface area contributed by atoms with Gasteiger partial charge in [0.05, 0.1) is 7.11 Å². The minimum atomic E-state index is -0.0254. The number of methoxy groups -OCH3 is 1. The van der Waals surface area contributed by atoms with Crippen molar-refractivity contribution >= 4 is 11.9 Å². The van der Waals surface area contributed by atoms with E-state index in [9.17, 15) is 4.79 Å². The number of hydrogen-bond acceptors (Lipinski definition) is 4. The number of nitrogens with zero attached hydrogens (tertiary/aromatic N) is 1. The van der Waals surface area contributed by atoms with E-state index in [0.717, 1.165) is 24.0 Å². The van der Waals surface area contributed by atoms with Crippen LogP contribution in [0.25, 0.3) is 6.08 Å². The average Bonchev–Trinajstić information content (AvgIpc) is 2.56. The fraction of sp³-hybridized carbons (Fsp3) is 0.500. The fourth-order valence-corrected chi connectivity index (χ4v) is 3.21. The second-order valence-electron chi connectivity index (χ2n) is 6.65. The van der Waals surface area contributed by atoms with Crippen LogP contribution in [0.2, 0.25) is 0 Å². The molecule has 24 heavy (non-hydrogen) atoms. The van der Waals surface area contributed by atoms with Crippen LogP contribution in [0.1, 0.15) is 39.2 Å². The maximum atomic E-state index is 12.8. The molecule has 0 amide bonds. The molecular formula is C20H25NO3. The lowest BCUT2D eigenvalue weighted by Crippen LogP contribution is -2.30. The zero-order chi connectivity index (χ0) is 17.7. The summed E-state index contributed by atoms with van der Waals surface area (Å²) in [5, 5.41) is 8.63. The van der Waals surface area contributed by atoms with Gasteiger partial charge in [-0.3, -0.25) is 4.79 Å². The number of rotatable bonds is 5. The van der Waals surface area contributed by atoms with Gasteiger partial charge in [0.1, 0.15) is 6.07 Å².